The summed E-state index contributed by atoms with van der Waals surface area (Å²) in [5, 5.41) is 0. The molecule has 0 heterocycles. The van der Waals surface area contributed by atoms with Crippen molar-refractivity contribution in [2.24, 2.45) is 0 Å². The van der Waals surface area contributed by atoms with Crippen LogP contribution in [0.15, 0.2) is 121 Å². The van der Waals surface area contributed by atoms with E-state index in [2.05, 4.69) is 299 Å². The second-order valence-corrected chi connectivity index (χ2v) is 86.2. The molecule has 4 aromatic rings. The molecule has 0 saturated carbocycles. The van der Waals surface area contributed by atoms with E-state index in [1.807, 2.05) is 6.07 Å². The topological polar surface area (TPSA) is 138 Å². The van der Waals surface area contributed by atoms with Gasteiger partial charge < -0.3 is 61.5 Å². The summed E-state index contributed by atoms with van der Waals surface area (Å²) in [4.78, 5) is 0. The summed E-state index contributed by atoms with van der Waals surface area (Å²) in [6.07, 6.45) is 3.50. The lowest BCUT2D eigenvalue weighted by Crippen LogP contribution is -2.63. The van der Waals surface area contributed by atoms with Crippen molar-refractivity contribution in [2.45, 2.75) is 227 Å². The van der Waals surface area contributed by atoms with Crippen molar-refractivity contribution < 1.29 is 61.5 Å². The minimum atomic E-state index is -3.11. The van der Waals surface area contributed by atoms with Crippen molar-refractivity contribution in [3.8, 4) is 0 Å². The Hall–Kier alpha value is -0.117. The van der Waals surface area contributed by atoms with E-state index in [1.165, 1.54) is 34.3 Å². The Morgan fingerprint density at radius 1 is 0.220 bits per heavy atom. The lowest BCUT2D eigenvalue weighted by Gasteiger charge is -2.46. The number of aryl methyl sites for hydroxylation is 4. The molecule has 0 bridgehead atoms. The van der Waals surface area contributed by atoms with Crippen molar-refractivity contribution in [1.29, 1.82) is 0 Å². The van der Waals surface area contributed by atoms with Crippen LogP contribution in [0.3, 0.4) is 0 Å². The first-order valence-electron chi connectivity index (χ1n) is 32.5. The zero-order chi connectivity index (χ0) is 68.9. The number of hydrogen-bond acceptors (Lipinski definition) is 16. The summed E-state index contributed by atoms with van der Waals surface area (Å²) in [6.45, 7) is 59.6. The quantitative estimate of drug-likeness (QED) is 0.0236. The molecule has 0 saturated heterocycles. The van der Waals surface area contributed by atoms with Crippen LogP contribution in [0, 0.1) is 0 Å². The summed E-state index contributed by atoms with van der Waals surface area (Å²) < 4.78 is 107. The van der Waals surface area contributed by atoms with Gasteiger partial charge in [-0.05, 0) is 261 Å². The molecule has 15 nitrogen and oxygen atoms in total. The van der Waals surface area contributed by atoms with Crippen molar-refractivity contribution in [3.63, 3.8) is 0 Å². The molecular weight excluding hydrogens is 1410 g/mol. The Labute approximate surface area is 573 Å². The van der Waals surface area contributed by atoms with Crippen molar-refractivity contribution in [2.75, 3.05) is 5.75 Å². The third kappa shape index (κ3) is 34.5. The van der Waals surface area contributed by atoms with E-state index in [1.54, 1.807) is 0 Å². The summed E-state index contributed by atoms with van der Waals surface area (Å²) in [7, 11) is -42.3. The Morgan fingerprint density at radius 2 is 0.418 bits per heavy atom. The lowest BCUT2D eigenvalue weighted by molar-refractivity contribution is 0.247. The molecule has 2 unspecified atom stereocenters. The highest BCUT2D eigenvalue weighted by molar-refractivity contribution is 7.95. The second-order valence-electron chi connectivity index (χ2n) is 30.4. The number of hydrogen-bond donors (Lipinski definition) is 0. The first-order chi connectivity index (χ1) is 41.2. The van der Waals surface area contributed by atoms with Crippen LogP contribution in [0.25, 0.3) is 0 Å². The minimum Gasteiger partial charge on any atom is -0.436 e. The average molecular weight is 1530 g/mol. The van der Waals surface area contributed by atoms with Gasteiger partial charge in [-0.15, -0.1) is 0 Å². The van der Waals surface area contributed by atoms with Crippen LogP contribution in [-0.2, 0) is 87.2 Å². The molecule has 2 atom stereocenters. The first kappa shape index (κ1) is 83.3. The van der Waals surface area contributed by atoms with Gasteiger partial charge >= 0.3 is 120 Å². The SMILES string of the molecule is C[Si](C)(CCc1ccccc1)O[Si](C)(C)O[Si](C)(C)O[Si](C)(C)O[Si](C)(C)O[Si](C)(C)O[Si](C)(C)O[Si](C)(C)O[Si](C)(C)O[Si](C)(CCc1ccccc1)O[Si](C)(C)O[Si](C)(C)O[Si](C)(CCc1ccccc1)O[Si](C)(C)O[Si](C)(C)OSCCc1ccccc1. The summed E-state index contributed by atoms with van der Waals surface area (Å²) in [5.74, 6) is 0.837. The van der Waals surface area contributed by atoms with Crippen molar-refractivity contribution in [1.82, 2.24) is 0 Å². The Kier molecular flexibility index (Phi) is 30.5. The fourth-order valence-corrected chi connectivity index (χ4v) is 91.0. The van der Waals surface area contributed by atoms with Crippen molar-refractivity contribution in [3.05, 3.63) is 144 Å². The molecule has 0 fully saturated rings. The van der Waals surface area contributed by atoms with Gasteiger partial charge in [0.1, 0.15) is 0 Å². The van der Waals surface area contributed by atoms with E-state index in [4.69, 9.17) is 61.5 Å². The Bertz CT molecular complexity index is 2810. The van der Waals surface area contributed by atoms with Gasteiger partial charge in [-0.3, -0.25) is 0 Å². The van der Waals surface area contributed by atoms with Gasteiger partial charge in [0.05, 0.1) is 0 Å². The molecule has 31 heteroatoms. The van der Waals surface area contributed by atoms with Gasteiger partial charge in [-0.2, -0.15) is 0 Å². The van der Waals surface area contributed by atoms with Crippen LogP contribution in [0.5, 0.6) is 0 Å². The minimum absolute atomic E-state index is 0.696. The summed E-state index contributed by atoms with van der Waals surface area (Å²) >= 11 is 1.49. The van der Waals surface area contributed by atoms with Crippen LogP contribution in [0.1, 0.15) is 22.3 Å². The predicted molar refractivity (Wildman–Crippen MR) is 414 cm³/mol. The molecule has 0 aliphatic rings. The Morgan fingerprint density at radius 3 is 0.670 bits per heavy atom. The van der Waals surface area contributed by atoms with Gasteiger partial charge in [0, 0.05) is 5.75 Å². The van der Waals surface area contributed by atoms with Gasteiger partial charge in [-0.1, -0.05) is 121 Å². The van der Waals surface area contributed by atoms with E-state index in [0.29, 0.717) is 6.04 Å². The standard InChI is InChI=1S/C60H120O15SSi15/c1-77(2,54-50-58-43-35-30-36-44-58)62-79(5,6)64-80(7,8)65-81(9,10)66-82(11,12)67-83(13,14)68-84(15,16)69-85(17,18)70-87(21,22)73-91(28,56-52-60-47-39-32-40-48-60)75-89(25,26)71-88(23,24)74-90(27,55-51-59-45-37-31-38-46-59)72-86(19,20)63-78(3,4)61-76-53-49-57-41-33-29-34-42-57/h29-48H,49-56H2,1-28H3. The smallest absolute Gasteiger partial charge is 0.336 e. The zero-order valence-corrected chi connectivity index (χ0v) is 77.1. The monoisotopic (exact) mass is 1530 g/mol. The van der Waals surface area contributed by atoms with Crippen LogP contribution in [0.2, 0.25) is 201 Å². The van der Waals surface area contributed by atoms with E-state index < -0.39 is 128 Å². The van der Waals surface area contributed by atoms with E-state index >= 15 is 0 Å². The molecule has 4 aromatic carbocycles. The molecule has 0 amide bonds. The highest BCUT2D eigenvalue weighted by atomic mass is 32.2. The van der Waals surface area contributed by atoms with Crippen LogP contribution < -0.4 is 0 Å². The average Bonchev–Trinajstić information content (AvgIpc) is 0.856. The molecule has 0 spiro atoms. The maximum absolute atomic E-state index is 7.47. The van der Waals surface area contributed by atoms with Gasteiger partial charge in [0.25, 0.3) is 0 Å². The summed E-state index contributed by atoms with van der Waals surface area (Å²) in [5.41, 5.74) is 5.07. The maximum Gasteiger partial charge on any atom is 0.336 e. The van der Waals surface area contributed by atoms with E-state index in [0.717, 1.165) is 43.5 Å². The molecule has 0 radical (unpaired) electrons. The highest BCUT2D eigenvalue weighted by Crippen LogP contribution is 2.36. The van der Waals surface area contributed by atoms with Gasteiger partial charge in [0.15, 0.2) is 8.32 Å². The van der Waals surface area contributed by atoms with Gasteiger partial charge in [-0.25, -0.2) is 0 Å². The maximum atomic E-state index is 7.47. The van der Waals surface area contributed by atoms with E-state index in [9.17, 15) is 0 Å². The Balaban J connectivity index is 1.45. The van der Waals surface area contributed by atoms with Crippen LogP contribution in [-0.4, -0.2) is 134 Å². The number of benzene rings is 4. The number of rotatable bonds is 42. The van der Waals surface area contributed by atoms with E-state index in [-0.39, 0.29) is 0 Å². The normalized spacial score (nSPS) is 15.6. The molecule has 0 aromatic heterocycles. The lowest BCUT2D eigenvalue weighted by atomic mass is 10.2. The van der Waals surface area contributed by atoms with Crippen LogP contribution in [0.4, 0.5) is 0 Å². The summed E-state index contributed by atoms with van der Waals surface area (Å²) in [6, 6.07) is 44.7. The highest BCUT2D eigenvalue weighted by Gasteiger charge is 2.54. The second kappa shape index (κ2) is 33.4. The zero-order valence-electron chi connectivity index (χ0n) is 61.2. The molecular formula is C60H120O15SSi15. The third-order valence-corrected chi connectivity index (χ3v) is 74.2. The molecule has 4 rings (SSSR count). The van der Waals surface area contributed by atoms with Crippen LogP contribution >= 0.6 is 12.0 Å². The molecule has 0 aliphatic carbocycles. The predicted octanol–water partition coefficient (Wildman–Crippen LogP) is 18.6. The largest absolute Gasteiger partial charge is 0.436 e. The molecule has 0 aliphatic heterocycles. The first-order valence-corrected chi connectivity index (χ1v) is 75.4. The van der Waals surface area contributed by atoms with Crippen molar-refractivity contribution >= 4 is 140 Å². The molecule has 91 heavy (non-hydrogen) atoms. The fraction of sp³-hybridized carbons (Fsp3) is 0.600. The fourth-order valence-electron chi connectivity index (χ4n) is 12.7. The molecule has 0 N–H and O–H groups in total. The van der Waals surface area contributed by atoms with Gasteiger partial charge in [0.2, 0.25) is 0 Å². The molecule has 516 valence electrons. The third-order valence-electron chi connectivity index (χ3n) is 13.6.